The van der Waals surface area contributed by atoms with Crippen molar-refractivity contribution in [2.24, 2.45) is 0 Å². The van der Waals surface area contributed by atoms with E-state index < -0.39 is 17.8 Å². The van der Waals surface area contributed by atoms with Gasteiger partial charge in [-0.15, -0.1) is 0 Å². The van der Waals surface area contributed by atoms with Crippen LogP contribution in [0.4, 0.5) is 4.39 Å². The first kappa shape index (κ1) is 15.1. The molecule has 1 atom stereocenters. The summed E-state index contributed by atoms with van der Waals surface area (Å²) in [5.74, 6) is -1.14. The molecule has 19 heavy (non-hydrogen) atoms. The SMILES string of the molecule is CCCNC(=O)C(C)NC(=O)c1ccc(C)c(F)c1. The Morgan fingerprint density at radius 2 is 2.05 bits per heavy atom. The van der Waals surface area contributed by atoms with E-state index in [-0.39, 0.29) is 11.5 Å². The van der Waals surface area contributed by atoms with Gasteiger partial charge in [0.1, 0.15) is 11.9 Å². The minimum Gasteiger partial charge on any atom is -0.354 e. The normalized spacial score (nSPS) is 11.8. The van der Waals surface area contributed by atoms with Gasteiger partial charge in [-0.1, -0.05) is 13.0 Å². The van der Waals surface area contributed by atoms with Crippen molar-refractivity contribution in [3.05, 3.63) is 35.1 Å². The number of nitrogens with one attached hydrogen (secondary N) is 2. The molecule has 4 nitrogen and oxygen atoms in total. The van der Waals surface area contributed by atoms with E-state index in [1.54, 1.807) is 13.8 Å². The van der Waals surface area contributed by atoms with Crippen LogP contribution in [0.15, 0.2) is 18.2 Å². The van der Waals surface area contributed by atoms with Crippen LogP contribution in [0.25, 0.3) is 0 Å². The first-order chi connectivity index (χ1) is 8.95. The summed E-state index contributed by atoms with van der Waals surface area (Å²) in [5, 5.41) is 5.22. The molecule has 1 unspecified atom stereocenters. The van der Waals surface area contributed by atoms with Crippen molar-refractivity contribution >= 4 is 11.8 Å². The van der Waals surface area contributed by atoms with Crippen LogP contribution in [0.2, 0.25) is 0 Å². The molecule has 2 amide bonds. The largest absolute Gasteiger partial charge is 0.354 e. The van der Waals surface area contributed by atoms with Crippen LogP contribution < -0.4 is 10.6 Å². The van der Waals surface area contributed by atoms with Crippen molar-refractivity contribution in [3.8, 4) is 0 Å². The summed E-state index contributed by atoms with van der Waals surface area (Å²) in [7, 11) is 0. The molecule has 0 heterocycles. The summed E-state index contributed by atoms with van der Waals surface area (Å²) in [6, 6.07) is 3.58. The van der Waals surface area contributed by atoms with Gasteiger partial charge < -0.3 is 10.6 Å². The van der Waals surface area contributed by atoms with Gasteiger partial charge in [0.05, 0.1) is 0 Å². The highest BCUT2D eigenvalue weighted by Crippen LogP contribution is 2.09. The number of hydrogen-bond acceptors (Lipinski definition) is 2. The maximum atomic E-state index is 13.3. The first-order valence-electron chi connectivity index (χ1n) is 6.30. The monoisotopic (exact) mass is 266 g/mol. The molecule has 0 saturated carbocycles. The Bertz CT molecular complexity index is 475. The fourth-order valence-electron chi connectivity index (χ4n) is 1.48. The van der Waals surface area contributed by atoms with E-state index in [1.165, 1.54) is 18.2 Å². The molecule has 0 saturated heterocycles. The minimum atomic E-state index is -0.650. The van der Waals surface area contributed by atoms with Gasteiger partial charge in [-0.05, 0) is 38.0 Å². The van der Waals surface area contributed by atoms with E-state index in [0.29, 0.717) is 12.1 Å². The van der Waals surface area contributed by atoms with Crippen molar-refractivity contribution in [2.75, 3.05) is 6.54 Å². The van der Waals surface area contributed by atoms with Crippen LogP contribution in [0.1, 0.15) is 36.2 Å². The smallest absolute Gasteiger partial charge is 0.252 e. The molecule has 0 fully saturated rings. The van der Waals surface area contributed by atoms with Crippen LogP contribution in [0.5, 0.6) is 0 Å². The third-order valence-corrected chi connectivity index (χ3v) is 2.72. The van der Waals surface area contributed by atoms with E-state index >= 15 is 0 Å². The summed E-state index contributed by atoms with van der Waals surface area (Å²) in [6.07, 6.45) is 0.829. The Morgan fingerprint density at radius 3 is 2.63 bits per heavy atom. The van der Waals surface area contributed by atoms with Crippen LogP contribution in [0, 0.1) is 12.7 Å². The lowest BCUT2D eigenvalue weighted by molar-refractivity contribution is -0.122. The topological polar surface area (TPSA) is 58.2 Å². The second-order valence-electron chi connectivity index (χ2n) is 4.45. The third kappa shape index (κ3) is 4.35. The lowest BCUT2D eigenvalue weighted by atomic mass is 10.1. The highest BCUT2D eigenvalue weighted by molar-refractivity contribution is 5.97. The van der Waals surface area contributed by atoms with Crippen LogP contribution in [-0.4, -0.2) is 24.4 Å². The quantitative estimate of drug-likeness (QED) is 0.853. The number of halogens is 1. The van der Waals surface area contributed by atoms with Crippen molar-refractivity contribution in [3.63, 3.8) is 0 Å². The summed E-state index contributed by atoms with van der Waals surface area (Å²) in [5.41, 5.74) is 0.684. The molecule has 0 radical (unpaired) electrons. The van der Waals surface area contributed by atoms with Gasteiger partial charge in [0, 0.05) is 12.1 Å². The second-order valence-corrected chi connectivity index (χ2v) is 4.45. The molecule has 1 aromatic carbocycles. The molecule has 0 aliphatic heterocycles. The maximum Gasteiger partial charge on any atom is 0.252 e. The van der Waals surface area contributed by atoms with E-state index in [4.69, 9.17) is 0 Å². The maximum absolute atomic E-state index is 13.3. The van der Waals surface area contributed by atoms with Gasteiger partial charge in [-0.3, -0.25) is 9.59 Å². The molecule has 0 bridgehead atoms. The summed E-state index contributed by atoms with van der Waals surface area (Å²) < 4.78 is 13.3. The molecule has 104 valence electrons. The predicted octanol–water partition coefficient (Wildman–Crippen LogP) is 1.78. The predicted molar refractivity (Wildman–Crippen MR) is 71.4 cm³/mol. The van der Waals surface area contributed by atoms with E-state index in [0.717, 1.165) is 6.42 Å². The zero-order valence-electron chi connectivity index (χ0n) is 11.4. The molecule has 0 aromatic heterocycles. The van der Waals surface area contributed by atoms with E-state index in [2.05, 4.69) is 10.6 Å². The first-order valence-corrected chi connectivity index (χ1v) is 6.30. The average Bonchev–Trinajstić information content (AvgIpc) is 2.38. The average molecular weight is 266 g/mol. The number of hydrogen-bond donors (Lipinski definition) is 2. The van der Waals surface area contributed by atoms with Crippen LogP contribution >= 0.6 is 0 Å². The van der Waals surface area contributed by atoms with Crippen LogP contribution in [-0.2, 0) is 4.79 Å². The van der Waals surface area contributed by atoms with Gasteiger partial charge >= 0.3 is 0 Å². The number of carbonyl (C=O) groups excluding carboxylic acids is 2. The number of benzene rings is 1. The number of rotatable bonds is 5. The van der Waals surface area contributed by atoms with Crippen molar-refractivity contribution in [1.29, 1.82) is 0 Å². The van der Waals surface area contributed by atoms with Crippen LogP contribution in [0.3, 0.4) is 0 Å². The van der Waals surface area contributed by atoms with Gasteiger partial charge in [0.25, 0.3) is 5.91 Å². The standard InChI is InChI=1S/C14H19FN2O2/c1-4-7-16-13(18)10(3)17-14(19)11-6-5-9(2)12(15)8-11/h5-6,8,10H,4,7H2,1-3H3,(H,16,18)(H,17,19). The molecule has 1 aromatic rings. The highest BCUT2D eigenvalue weighted by Gasteiger charge is 2.16. The molecule has 0 spiro atoms. The minimum absolute atomic E-state index is 0.207. The lowest BCUT2D eigenvalue weighted by Gasteiger charge is -2.14. The zero-order chi connectivity index (χ0) is 14.4. The molecular weight excluding hydrogens is 247 g/mol. The zero-order valence-corrected chi connectivity index (χ0v) is 11.4. The second kappa shape index (κ2) is 6.87. The molecule has 1 rings (SSSR count). The Morgan fingerprint density at radius 1 is 1.37 bits per heavy atom. The lowest BCUT2D eigenvalue weighted by Crippen LogP contribution is -2.45. The molecule has 2 N–H and O–H groups in total. The Balaban J connectivity index is 2.63. The molecule has 0 aliphatic rings. The molecule has 0 aliphatic carbocycles. The third-order valence-electron chi connectivity index (χ3n) is 2.72. The van der Waals surface area contributed by atoms with Gasteiger partial charge in [-0.25, -0.2) is 4.39 Å². The molecular formula is C14H19FN2O2. The van der Waals surface area contributed by atoms with Crippen molar-refractivity contribution in [1.82, 2.24) is 10.6 Å². The molecule has 5 heteroatoms. The highest BCUT2D eigenvalue weighted by atomic mass is 19.1. The van der Waals surface area contributed by atoms with Crippen molar-refractivity contribution < 1.29 is 14.0 Å². The fourth-order valence-corrected chi connectivity index (χ4v) is 1.48. The van der Waals surface area contributed by atoms with E-state index in [1.807, 2.05) is 6.92 Å². The van der Waals surface area contributed by atoms with Gasteiger partial charge in [-0.2, -0.15) is 0 Å². The Hall–Kier alpha value is -1.91. The van der Waals surface area contributed by atoms with E-state index in [9.17, 15) is 14.0 Å². The number of amides is 2. The number of carbonyl (C=O) groups is 2. The van der Waals surface area contributed by atoms with Gasteiger partial charge in [0.2, 0.25) is 5.91 Å². The summed E-state index contributed by atoms with van der Waals surface area (Å²) in [6.45, 7) is 5.72. The Kier molecular flexibility index (Phi) is 5.48. The summed E-state index contributed by atoms with van der Waals surface area (Å²) >= 11 is 0. The number of aryl methyl sites for hydroxylation is 1. The Labute approximate surface area is 112 Å². The van der Waals surface area contributed by atoms with Crippen molar-refractivity contribution in [2.45, 2.75) is 33.2 Å². The summed E-state index contributed by atoms with van der Waals surface area (Å²) in [4.78, 5) is 23.4. The fraction of sp³-hybridized carbons (Fsp3) is 0.429. The van der Waals surface area contributed by atoms with Gasteiger partial charge in [0.15, 0.2) is 0 Å².